The van der Waals surface area contributed by atoms with Crippen LogP contribution in [0.1, 0.15) is 32.4 Å². The molecule has 1 rings (SSSR count). The van der Waals surface area contributed by atoms with E-state index in [1.165, 1.54) is 12.8 Å². The third-order valence-corrected chi connectivity index (χ3v) is 2.33. The van der Waals surface area contributed by atoms with E-state index in [1.807, 2.05) is 7.05 Å². The normalized spacial score (nSPS) is 10.6. The lowest BCUT2D eigenvalue weighted by Crippen LogP contribution is -2.24. The summed E-state index contributed by atoms with van der Waals surface area (Å²) in [5, 5.41) is 3.06. The summed E-state index contributed by atoms with van der Waals surface area (Å²) in [5.41, 5.74) is 0.961. The standard InChI is InChI=1S/C11H21N3O/c1-4-6-7-14(5-2)11-13-10(8-12-3)9-15-11/h9,12H,4-8H2,1-3H3. The molecule has 0 bridgehead atoms. The molecule has 1 N–H and O–H groups in total. The van der Waals surface area contributed by atoms with E-state index in [1.54, 1.807) is 6.26 Å². The molecule has 0 aliphatic rings. The summed E-state index contributed by atoms with van der Waals surface area (Å²) in [4.78, 5) is 6.59. The van der Waals surface area contributed by atoms with Crippen molar-refractivity contribution in [1.29, 1.82) is 0 Å². The molecule has 1 aromatic heterocycles. The van der Waals surface area contributed by atoms with Crippen molar-refractivity contribution in [3.8, 4) is 0 Å². The molecule has 0 radical (unpaired) electrons. The number of nitrogens with one attached hydrogen (secondary N) is 1. The van der Waals surface area contributed by atoms with Crippen molar-refractivity contribution in [2.24, 2.45) is 0 Å². The average Bonchev–Trinajstić information content (AvgIpc) is 2.68. The number of hydrogen-bond donors (Lipinski definition) is 1. The zero-order valence-corrected chi connectivity index (χ0v) is 9.92. The lowest BCUT2D eigenvalue weighted by atomic mass is 10.3. The first-order valence-electron chi connectivity index (χ1n) is 5.65. The minimum absolute atomic E-state index is 0.746. The summed E-state index contributed by atoms with van der Waals surface area (Å²) in [6.45, 7) is 7.04. The van der Waals surface area contributed by atoms with Crippen LogP contribution in [0.2, 0.25) is 0 Å². The zero-order chi connectivity index (χ0) is 11.1. The monoisotopic (exact) mass is 211 g/mol. The highest BCUT2D eigenvalue weighted by atomic mass is 16.4. The Morgan fingerprint density at radius 2 is 2.27 bits per heavy atom. The highest BCUT2D eigenvalue weighted by molar-refractivity contribution is 5.26. The van der Waals surface area contributed by atoms with Crippen molar-refractivity contribution in [3.63, 3.8) is 0 Å². The second-order valence-corrected chi connectivity index (χ2v) is 3.58. The van der Waals surface area contributed by atoms with Gasteiger partial charge in [-0.15, -0.1) is 0 Å². The molecule has 1 aromatic rings. The smallest absolute Gasteiger partial charge is 0.297 e. The van der Waals surface area contributed by atoms with Crippen molar-refractivity contribution in [2.45, 2.75) is 33.2 Å². The van der Waals surface area contributed by atoms with Gasteiger partial charge in [0.05, 0.1) is 5.69 Å². The van der Waals surface area contributed by atoms with Gasteiger partial charge in [0.2, 0.25) is 0 Å². The summed E-state index contributed by atoms with van der Waals surface area (Å²) in [5.74, 6) is 0. The Bertz CT molecular complexity index is 273. The first kappa shape index (κ1) is 12.0. The summed E-state index contributed by atoms with van der Waals surface area (Å²) < 4.78 is 5.44. The topological polar surface area (TPSA) is 41.3 Å². The third-order valence-electron chi connectivity index (χ3n) is 2.33. The first-order valence-corrected chi connectivity index (χ1v) is 5.65. The fourth-order valence-corrected chi connectivity index (χ4v) is 1.44. The molecular weight excluding hydrogens is 190 g/mol. The molecule has 4 nitrogen and oxygen atoms in total. The van der Waals surface area contributed by atoms with Crippen LogP contribution >= 0.6 is 0 Å². The number of rotatable bonds is 7. The van der Waals surface area contributed by atoms with Crippen LogP contribution in [0.15, 0.2) is 10.7 Å². The maximum absolute atomic E-state index is 5.44. The maximum atomic E-state index is 5.44. The number of aromatic nitrogens is 1. The molecule has 0 unspecified atom stereocenters. The van der Waals surface area contributed by atoms with Crippen LogP contribution in [0.25, 0.3) is 0 Å². The van der Waals surface area contributed by atoms with Gasteiger partial charge in [0.15, 0.2) is 0 Å². The lowest BCUT2D eigenvalue weighted by molar-refractivity contribution is 0.530. The second-order valence-electron chi connectivity index (χ2n) is 3.58. The van der Waals surface area contributed by atoms with Gasteiger partial charge < -0.3 is 14.6 Å². The Labute approximate surface area is 91.7 Å². The Kier molecular flexibility index (Phi) is 5.18. The number of oxazole rings is 1. The van der Waals surface area contributed by atoms with Gasteiger partial charge in [-0.1, -0.05) is 13.3 Å². The SMILES string of the molecule is CCCCN(CC)c1nc(CNC)co1. The van der Waals surface area contributed by atoms with Crippen LogP contribution in [0.4, 0.5) is 6.01 Å². The molecule has 0 amide bonds. The predicted molar refractivity (Wildman–Crippen MR) is 62.1 cm³/mol. The van der Waals surface area contributed by atoms with Crippen molar-refractivity contribution >= 4 is 6.01 Å². The van der Waals surface area contributed by atoms with E-state index >= 15 is 0 Å². The number of unbranched alkanes of at least 4 members (excludes halogenated alkanes) is 1. The first-order chi connectivity index (χ1) is 7.31. The van der Waals surface area contributed by atoms with Gasteiger partial charge in [-0.3, -0.25) is 0 Å². The number of hydrogen-bond acceptors (Lipinski definition) is 4. The Morgan fingerprint density at radius 1 is 1.47 bits per heavy atom. The van der Waals surface area contributed by atoms with E-state index in [0.717, 1.165) is 31.3 Å². The van der Waals surface area contributed by atoms with Gasteiger partial charge in [0, 0.05) is 19.6 Å². The second kappa shape index (κ2) is 6.45. The van der Waals surface area contributed by atoms with E-state index in [2.05, 4.69) is 29.0 Å². The number of nitrogens with zero attached hydrogens (tertiary/aromatic N) is 2. The molecule has 0 spiro atoms. The van der Waals surface area contributed by atoms with Crippen molar-refractivity contribution in [1.82, 2.24) is 10.3 Å². The molecular formula is C11H21N3O. The molecule has 0 aliphatic carbocycles. The van der Waals surface area contributed by atoms with Crippen LogP contribution < -0.4 is 10.2 Å². The summed E-state index contributed by atoms with van der Waals surface area (Å²) in [6, 6.07) is 0.746. The van der Waals surface area contributed by atoms with E-state index in [4.69, 9.17) is 4.42 Å². The van der Waals surface area contributed by atoms with Gasteiger partial charge in [-0.05, 0) is 20.4 Å². The molecule has 0 saturated carbocycles. The van der Waals surface area contributed by atoms with Gasteiger partial charge >= 0.3 is 0 Å². The molecule has 15 heavy (non-hydrogen) atoms. The van der Waals surface area contributed by atoms with Gasteiger partial charge in [0.25, 0.3) is 6.01 Å². The fourth-order valence-electron chi connectivity index (χ4n) is 1.44. The highest BCUT2D eigenvalue weighted by Gasteiger charge is 2.10. The molecule has 0 saturated heterocycles. The fraction of sp³-hybridized carbons (Fsp3) is 0.727. The van der Waals surface area contributed by atoms with Crippen LogP contribution in [0, 0.1) is 0 Å². The van der Waals surface area contributed by atoms with Crippen LogP contribution in [0.3, 0.4) is 0 Å². The van der Waals surface area contributed by atoms with Crippen molar-refractivity contribution in [2.75, 3.05) is 25.0 Å². The van der Waals surface area contributed by atoms with Gasteiger partial charge in [-0.25, -0.2) is 0 Å². The Balaban J connectivity index is 2.57. The van der Waals surface area contributed by atoms with E-state index < -0.39 is 0 Å². The predicted octanol–water partition coefficient (Wildman–Crippen LogP) is 2.02. The molecule has 0 aromatic carbocycles. The van der Waals surface area contributed by atoms with E-state index in [-0.39, 0.29) is 0 Å². The zero-order valence-electron chi connectivity index (χ0n) is 9.92. The minimum Gasteiger partial charge on any atom is -0.432 e. The largest absolute Gasteiger partial charge is 0.432 e. The molecule has 1 heterocycles. The third kappa shape index (κ3) is 3.55. The van der Waals surface area contributed by atoms with Crippen LogP contribution in [-0.2, 0) is 6.54 Å². The van der Waals surface area contributed by atoms with Crippen molar-refractivity contribution in [3.05, 3.63) is 12.0 Å². The summed E-state index contributed by atoms with van der Waals surface area (Å²) >= 11 is 0. The lowest BCUT2D eigenvalue weighted by Gasteiger charge is -2.17. The Hall–Kier alpha value is -1.03. The molecule has 0 atom stereocenters. The van der Waals surface area contributed by atoms with Gasteiger partial charge in [-0.2, -0.15) is 4.98 Å². The highest BCUT2D eigenvalue weighted by Crippen LogP contribution is 2.13. The van der Waals surface area contributed by atoms with Crippen LogP contribution in [-0.4, -0.2) is 25.1 Å². The minimum atomic E-state index is 0.746. The van der Waals surface area contributed by atoms with E-state index in [9.17, 15) is 0 Å². The Morgan fingerprint density at radius 3 is 2.87 bits per heavy atom. The van der Waals surface area contributed by atoms with Gasteiger partial charge in [0.1, 0.15) is 6.26 Å². The summed E-state index contributed by atoms with van der Waals surface area (Å²) in [7, 11) is 1.91. The molecule has 0 aliphatic heterocycles. The molecule has 0 fully saturated rings. The summed E-state index contributed by atoms with van der Waals surface area (Å²) in [6.07, 6.45) is 4.10. The number of anilines is 1. The van der Waals surface area contributed by atoms with E-state index in [0.29, 0.717) is 0 Å². The molecule has 86 valence electrons. The maximum Gasteiger partial charge on any atom is 0.297 e. The van der Waals surface area contributed by atoms with Crippen molar-refractivity contribution < 1.29 is 4.42 Å². The average molecular weight is 211 g/mol. The quantitative estimate of drug-likeness (QED) is 0.749. The molecule has 4 heteroatoms. The van der Waals surface area contributed by atoms with Crippen LogP contribution in [0.5, 0.6) is 0 Å².